The lowest BCUT2D eigenvalue weighted by atomic mass is 9.98. The molecule has 3 N–H and O–H groups in total. The Kier molecular flexibility index (Phi) is 43.7. The van der Waals surface area contributed by atoms with Crippen LogP contribution in [0, 0.1) is 0 Å². The first-order chi connectivity index (χ1) is 34.6. The molecule has 0 aromatic carbocycles. The molecule has 6 unspecified atom stereocenters. The molecule has 1 heterocycles. The highest BCUT2D eigenvalue weighted by molar-refractivity contribution is 5.74. The summed E-state index contributed by atoms with van der Waals surface area (Å²) in [5.74, 6) is -3.22. The SMILES string of the molecule is CC/C=C\C/C=C\C/C=C\C/C=C\CCC(=O)OCC(COC1OC(C(=O)O)C(O)C(O)C1OC(=O)CCCCCCCCCCC/C=C\CCCCCCCC)OC(=O)CCCCCCCCCCC. The van der Waals surface area contributed by atoms with Crippen molar-refractivity contribution < 1.29 is 58.2 Å². The number of ether oxygens (including phenoxy) is 5. The van der Waals surface area contributed by atoms with Crippen molar-refractivity contribution in [1.82, 2.24) is 0 Å². The molecule has 0 aliphatic carbocycles. The topological polar surface area (TPSA) is 175 Å². The quantitative estimate of drug-likeness (QED) is 0.0228. The molecule has 1 aliphatic heterocycles. The van der Waals surface area contributed by atoms with Crippen LogP contribution in [0.3, 0.4) is 0 Å². The van der Waals surface area contributed by atoms with E-state index in [1.165, 1.54) is 103 Å². The second kappa shape index (κ2) is 47.4. The van der Waals surface area contributed by atoms with Gasteiger partial charge in [-0.3, -0.25) is 14.4 Å². The number of allylic oxidation sites excluding steroid dienone is 10. The number of carboxylic acid groups (broad SMARTS) is 1. The smallest absolute Gasteiger partial charge is 0.335 e. The third kappa shape index (κ3) is 37.8. The van der Waals surface area contributed by atoms with Crippen molar-refractivity contribution in [3.63, 3.8) is 0 Å². The Morgan fingerprint density at radius 2 is 0.915 bits per heavy atom. The molecule has 12 heteroatoms. The first-order valence-electron chi connectivity index (χ1n) is 28.3. The minimum absolute atomic E-state index is 0.0523. The van der Waals surface area contributed by atoms with E-state index < -0.39 is 67.3 Å². The Balaban J connectivity index is 2.67. The second-order valence-corrected chi connectivity index (χ2v) is 19.2. The summed E-state index contributed by atoms with van der Waals surface area (Å²) in [5, 5.41) is 31.4. The van der Waals surface area contributed by atoms with Crippen LogP contribution in [0.2, 0.25) is 0 Å². The van der Waals surface area contributed by atoms with Crippen molar-refractivity contribution in [2.75, 3.05) is 13.2 Å². The number of aliphatic hydroxyl groups is 2. The molecule has 6 atom stereocenters. The van der Waals surface area contributed by atoms with Gasteiger partial charge in [0.1, 0.15) is 18.8 Å². The van der Waals surface area contributed by atoms with E-state index >= 15 is 0 Å². The van der Waals surface area contributed by atoms with Gasteiger partial charge >= 0.3 is 23.9 Å². The molecule has 1 saturated heterocycles. The number of rotatable bonds is 47. The fraction of sp³-hybridized carbons (Fsp3) is 0.763. The molecule has 0 saturated carbocycles. The van der Waals surface area contributed by atoms with E-state index in [9.17, 15) is 34.5 Å². The highest BCUT2D eigenvalue weighted by Gasteiger charge is 2.50. The lowest BCUT2D eigenvalue weighted by molar-refractivity contribution is -0.301. The maximum Gasteiger partial charge on any atom is 0.335 e. The zero-order valence-electron chi connectivity index (χ0n) is 44.7. The predicted molar refractivity (Wildman–Crippen MR) is 285 cm³/mol. The molecule has 0 aromatic rings. The number of carbonyl (C=O) groups excluding carboxylic acids is 3. The Morgan fingerprint density at radius 1 is 0.479 bits per heavy atom. The molecule has 1 fully saturated rings. The van der Waals surface area contributed by atoms with Crippen molar-refractivity contribution in [2.24, 2.45) is 0 Å². The summed E-state index contributed by atoms with van der Waals surface area (Å²) in [6.07, 6.45) is 45.2. The molecular formula is C59H100O12. The van der Waals surface area contributed by atoms with Gasteiger partial charge in [0, 0.05) is 19.3 Å². The summed E-state index contributed by atoms with van der Waals surface area (Å²) in [7, 11) is 0. The van der Waals surface area contributed by atoms with Crippen LogP contribution in [0.1, 0.15) is 239 Å². The summed E-state index contributed by atoms with van der Waals surface area (Å²) in [6.45, 7) is 5.78. The highest BCUT2D eigenvalue weighted by Crippen LogP contribution is 2.26. The van der Waals surface area contributed by atoms with Crippen molar-refractivity contribution in [3.05, 3.63) is 60.8 Å². The maximum absolute atomic E-state index is 13.0. The van der Waals surface area contributed by atoms with Gasteiger partial charge in [0.2, 0.25) is 0 Å². The summed E-state index contributed by atoms with van der Waals surface area (Å²) in [4.78, 5) is 50.8. The summed E-state index contributed by atoms with van der Waals surface area (Å²) in [6, 6.07) is 0. The second-order valence-electron chi connectivity index (χ2n) is 19.2. The van der Waals surface area contributed by atoms with Crippen LogP contribution in [0.4, 0.5) is 0 Å². The summed E-state index contributed by atoms with van der Waals surface area (Å²) >= 11 is 0. The fourth-order valence-electron chi connectivity index (χ4n) is 8.26. The lowest BCUT2D eigenvalue weighted by Gasteiger charge is -2.40. The van der Waals surface area contributed by atoms with Crippen LogP contribution in [0.15, 0.2) is 60.8 Å². The van der Waals surface area contributed by atoms with E-state index in [0.29, 0.717) is 19.3 Å². The average Bonchev–Trinajstić information content (AvgIpc) is 3.35. The zero-order valence-corrected chi connectivity index (χ0v) is 44.7. The fourth-order valence-corrected chi connectivity index (χ4v) is 8.26. The van der Waals surface area contributed by atoms with E-state index in [1.807, 2.05) is 12.2 Å². The standard InChI is InChI=1S/C59H100O12/c1-4-7-10-13-16-19-21-23-24-25-26-27-28-30-32-35-38-41-44-47-53(62)70-57-55(64)54(63)56(58(65)66)71-59(57)68-49-50(69-52(61)46-43-40-37-33-18-15-12-9-6-3)48-67-51(60)45-42-39-36-34-31-29-22-20-17-14-11-8-5-2/h8,11,17,20,23-24,29,31,36,39,50,54-57,59,63-64H,4-7,9-10,12-16,18-19,21-22,25-28,30,32-35,37-38,40-49H2,1-3H3,(H,65,66)/b11-8-,20-17-,24-23-,31-29-,39-36-. The third-order valence-electron chi connectivity index (χ3n) is 12.6. The number of hydrogen-bond acceptors (Lipinski definition) is 11. The van der Waals surface area contributed by atoms with Crippen LogP contribution in [0.25, 0.3) is 0 Å². The van der Waals surface area contributed by atoms with Gasteiger partial charge in [-0.2, -0.15) is 0 Å². The van der Waals surface area contributed by atoms with Gasteiger partial charge in [-0.15, -0.1) is 0 Å². The molecule has 408 valence electrons. The van der Waals surface area contributed by atoms with Crippen molar-refractivity contribution in [3.8, 4) is 0 Å². The molecule has 0 aromatic heterocycles. The number of carbonyl (C=O) groups is 4. The van der Waals surface area contributed by atoms with Gasteiger partial charge in [-0.05, 0) is 70.6 Å². The van der Waals surface area contributed by atoms with E-state index in [-0.39, 0.29) is 25.9 Å². The van der Waals surface area contributed by atoms with Gasteiger partial charge in [0.15, 0.2) is 24.6 Å². The molecule has 1 rings (SSSR count). The van der Waals surface area contributed by atoms with Crippen LogP contribution in [-0.4, -0.2) is 89.2 Å². The lowest BCUT2D eigenvalue weighted by Crippen LogP contribution is -2.61. The number of unbranched alkanes of at least 4 members (excludes halogenated alkanes) is 23. The first kappa shape index (κ1) is 65.4. The van der Waals surface area contributed by atoms with Crippen molar-refractivity contribution in [1.29, 1.82) is 0 Å². The maximum atomic E-state index is 13.0. The number of aliphatic hydroxyl groups excluding tert-OH is 2. The Morgan fingerprint density at radius 3 is 1.41 bits per heavy atom. The van der Waals surface area contributed by atoms with E-state index in [2.05, 4.69) is 69.4 Å². The zero-order chi connectivity index (χ0) is 51.8. The molecule has 0 spiro atoms. The molecule has 0 bridgehead atoms. The number of carboxylic acids is 1. The monoisotopic (exact) mass is 1000 g/mol. The van der Waals surface area contributed by atoms with E-state index in [4.69, 9.17) is 23.7 Å². The number of hydrogen-bond donors (Lipinski definition) is 3. The molecule has 71 heavy (non-hydrogen) atoms. The Hall–Kier alpha value is -3.58. The summed E-state index contributed by atoms with van der Waals surface area (Å²) < 4.78 is 28.2. The van der Waals surface area contributed by atoms with Crippen LogP contribution in [0.5, 0.6) is 0 Å². The minimum atomic E-state index is -1.91. The first-order valence-corrected chi connectivity index (χ1v) is 28.3. The molecule has 0 amide bonds. The number of aliphatic carboxylic acids is 1. The van der Waals surface area contributed by atoms with Crippen LogP contribution < -0.4 is 0 Å². The average molecular weight is 1000 g/mol. The molecule has 0 radical (unpaired) electrons. The minimum Gasteiger partial charge on any atom is -0.479 e. The van der Waals surface area contributed by atoms with Gasteiger partial charge < -0.3 is 39.0 Å². The van der Waals surface area contributed by atoms with E-state index in [0.717, 1.165) is 77.0 Å². The third-order valence-corrected chi connectivity index (χ3v) is 12.6. The van der Waals surface area contributed by atoms with Gasteiger partial charge in [0.25, 0.3) is 0 Å². The van der Waals surface area contributed by atoms with E-state index in [1.54, 1.807) is 0 Å². The molecular weight excluding hydrogens is 901 g/mol. The Labute approximate surface area is 430 Å². The largest absolute Gasteiger partial charge is 0.479 e. The highest BCUT2D eigenvalue weighted by atomic mass is 16.7. The normalized spacial score (nSPS) is 18.9. The van der Waals surface area contributed by atoms with Crippen LogP contribution >= 0.6 is 0 Å². The summed E-state index contributed by atoms with van der Waals surface area (Å²) in [5.41, 5.74) is 0. The molecule has 1 aliphatic rings. The van der Waals surface area contributed by atoms with Gasteiger partial charge in [-0.1, -0.05) is 210 Å². The molecule has 12 nitrogen and oxygen atoms in total. The predicted octanol–water partition coefficient (Wildman–Crippen LogP) is 14.0. The van der Waals surface area contributed by atoms with Crippen molar-refractivity contribution >= 4 is 23.9 Å². The van der Waals surface area contributed by atoms with Crippen LogP contribution in [-0.2, 0) is 42.9 Å². The van der Waals surface area contributed by atoms with Crippen molar-refractivity contribution in [2.45, 2.75) is 276 Å². The Bertz CT molecular complexity index is 1470. The van der Waals surface area contributed by atoms with Gasteiger partial charge in [-0.25, -0.2) is 4.79 Å². The van der Waals surface area contributed by atoms with Gasteiger partial charge in [0.05, 0.1) is 6.61 Å². The number of esters is 3.